The van der Waals surface area contributed by atoms with Gasteiger partial charge in [-0.3, -0.25) is 9.79 Å². The third-order valence-electron chi connectivity index (χ3n) is 6.14. The summed E-state index contributed by atoms with van der Waals surface area (Å²) >= 11 is 6.03. The molecule has 2 aromatic rings. The molecule has 0 fully saturated rings. The first-order valence-corrected chi connectivity index (χ1v) is 10.5. The normalized spacial score (nSPS) is 23.5. The fraction of sp³-hybridized carbons (Fsp3) is 0.320. The summed E-state index contributed by atoms with van der Waals surface area (Å²) in [6, 6.07) is 18.2. The number of halogens is 1. The maximum absolute atomic E-state index is 13.3. The Kier molecular flexibility index (Phi) is 5.49. The number of hydrogen-bond acceptors (Lipinski definition) is 4. The molecule has 4 rings (SSSR count). The quantitative estimate of drug-likeness (QED) is 0.662. The predicted octanol–water partition coefficient (Wildman–Crippen LogP) is 5.50. The van der Waals surface area contributed by atoms with E-state index in [1.165, 1.54) is 0 Å². The van der Waals surface area contributed by atoms with Crippen molar-refractivity contribution in [1.82, 2.24) is 0 Å². The van der Waals surface area contributed by atoms with Crippen LogP contribution in [0.1, 0.15) is 42.7 Å². The molecule has 0 saturated heterocycles. The van der Waals surface area contributed by atoms with E-state index < -0.39 is 5.92 Å². The minimum atomic E-state index is -0.426. The lowest BCUT2D eigenvalue weighted by molar-refractivity contribution is -0.116. The standard InChI is InChI=1S/C25H24ClN3O/c1-15-21(14-27)24(17-6-10-20(11-7-17)29(2)3)25-22(28-15)12-18(13-23(25)30)16-4-8-19(26)9-5-16/h4-11,18,21,24H,12-13H2,1-3H3/t18-,21?,24-/m1/s1. The van der Waals surface area contributed by atoms with Crippen LogP contribution in [0.3, 0.4) is 0 Å². The Morgan fingerprint density at radius 1 is 1.03 bits per heavy atom. The van der Waals surface area contributed by atoms with Crippen molar-refractivity contribution in [2.24, 2.45) is 10.9 Å². The van der Waals surface area contributed by atoms with Crippen molar-refractivity contribution in [3.63, 3.8) is 0 Å². The number of hydrogen-bond donors (Lipinski definition) is 0. The minimum Gasteiger partial charge on any atom is -0.378 e. The van der Waals surface area contributed by atoms with Gasteiger partial charge in [-0.2, -0.15) is 5.26 Å². The molecule has 1 aliphatic heterocycles. The lowest BCUT2D eigenvalue weighted by Crippen LogP contribution is -2.32. The van der Waals surface area contributed by atoms with Crippen LogP contribution in [-0.4, -0.2) is 25.6 Å². The lowest BCUT2D eigenvalue weighted by Gasteiger charge is -2.35. The molecule has 0 N–H and O–H groups in total. The molecular weight excluding hydrogens is 394 g/mol. The van der Waals surface area contributed by atoms with E-state index in [0.29, 0.717) is 17.9 Å². The molecular formula is C25H24ClN3O. The summed E-state index contributed by atoms with van der Waals surface area (Å²) in [4.78, 5) is 20.1. The number of rotatable bonds is 3. The number of carbonyl (C=O) groups excluding carboxylic acids is 1. The van der Waals surface area contributed by atoms with E-state index in [9.17, 15) is 10.1 Å². The van der Waals surface area contributed by atoms with Crippen LogP contribution in [0.15, 0.2) is 64.8 Å². The molecule has 1 heterocycles. The summed E-state index contributed by atoms with van der Waals surface area (Å²) in [5.74, 6) is -0.516. The van der Waals surface area contributed by atoms with E-state index in [0.717, 1.165) is 33.8 Å². The largest absolute Gasteiger partial charge is 0.378 e. The van der Waals surface area contributed by atoms with Crippen molar-refractivity contribution in [1.29, 1.82) is 5.26 Å². The number of nitriles is 1. The molecule has 1 aliphatic carbocycles. The molecule has 0 saturated carbocycles. The molecule has 0 bridgehead atoms. The summed E-state index contributed by atoms with van der Waals surface area (Å²) < 4.78 is 0. The second kappa shape index (κ2) is 8.08. The van der Waals surface area contributed by atoms with E-state index >= 15 is 0 Å². The van der Waals surface area contributed by atoms with Gasteiger partial charge < -0.3 is 4.90 Å². The Bertz CT molecular complexity index is 1070. The van der Waals surface area contributed by atoms with Crippen LogP contribution in [-0.2, 0) is 4.79 Å². The molecule has 0 amide bonds. The summed E-state index contributed by atoms with van der Waals surface area (Å²) in [6.45, 7) is 1.90. The highest BCUT2D eigenvalue weighted by atomic mass is 35.5. The Hall–Kier alpha value is -2.90. The lowest BCUT2D eigenvalue weighted by atomic mass is 9.69. The van der Waals surface area contributed by atoms with Crippen molar-refractivity contribution < 1.29 is 4.79 Å². The zero-order valence-corrected chi connectivity index (χ0v) is 18.1. The van der Waals surface area contributed by atoms with E-state index in [1.54, 1.807) is 0 Å². The number of anilines is 1. The first-order chi connectivity index (χ1) is 14.4. The summed E-state index contributed by atoms with van der Waals surface area (Å²) in [5.41, 5.74) is 5.50. The van der Waals surface area contributed by atoms with Crippen LogP contribution in [0.4, 0.5) is 5.69 Å². The van der Waals surface area contributed by atoms with Crippen LogP contribution in [0.5, 0.6) is 0 Å². The Balaban J connectivity index is 1.75. The van der Waals surface area contributed by atoms with Gasteiger partial charge >= 0.3 is 0 Å². The fourth-order valence-electron chi connectivity index (χ4n) is 4.54. The van der Waals surface area contributed by atoms with Gasteiger partial charge in [0, 0.05) is 54.1 Å². The second-order valence-electron chi connectivity index (χ2n) is 8.26. The van der Waals surface area contributed by atoms with E-state index in [-0.39, 0.29) is 17.6 Å². The van der Waals surface area contributed by atoms with Crippen molar-refractivity contribution in [2.45, 2.75) is 31.6 Å². The van der Waals surface area contributed by atoms with Gasteiger partial charge in [0.05, 0.1) is 12.0 Å². The molecule has 1 unspecified atom stereocenters. The SMILES string of the molecule is CC1=NC2=C(C(=O)C[C@H](c3ccc(Cl)cc3)C2)[C@H](c2ccc(N(C)C)cc2)C1C#N. The molecule has 0 spiro atoms. The van der Waals surface area contributed by atoms with Crippen LogP contribution in [0, 0.1) is 17.2 Å². The molecule has 4 nitrogen and oxygen atoms in total. The number of benzene rings is 2. The third kappa shape index (κ3) is 3.66. The van der Waals surface area contributed by atoms with Gasteiger partial charge in [0.2, 0.25) is 0 Å². The molecule has 5 heteroatoms. The van der Waals surface area contributed by atoms with Crippen LogP contribution in [0.2, 0.25) is 5.02 Å². The van der Waals surface area contributed by atoms with Gasteiger partial charge in [-0.1, -0.05) is 35.9 Å². The molecule has 0 radical (unpaired) electrons. The summed E-state index contributed by atoms with van der Waals surface area (Å²) in [6.07, 6.45) is 1.13. The number of aliphatic imine (C=N–C) groups is 1. The molecule has 2 aromatic carbocycles. The summed E-state index contributed by atoms with van der Waals surface area (Å²) in [7, 11) is 3.99. The zero-order chi connectivity index (χ0) is 21.4. The van der Waals surface area contributed by atoms with Crippen LogP contribution in [0.25, 0.3) is 0 Å². The topological polar surface area (TPSA) is 56.5 Å². The first-order valence-electron chi connectivity index (χ1n) is 10.1. The second-order valence-corrected chi connectivity index (χ2v) is 8.70. The fourth-order valence-corrected chi connectivity index (χ4v) is 4.66. The van der Waals surface area contributed by atoms with E-state index in [4.69, 9.17) is 16.6 Å². The maximum atomic E-state index is 13.3. The highest BCUT2D eigenvalue weighted by Crippen LogP contribution is 2.46. The number of allylic oxidation sites excluding steroid dienone is 2. The third-order valence-corrected chi connectivity index (χ3v) is 6.39. The van der Waals surface area contributed by atoms with Gasteiger partial charge in [0.1, 0.15) is 0 Å². The van der Waals surface area contributed by atoms with Gasteiger partial charge in [-0.25, -0.2) is 0 Å². The smallest absolute Gasteiger partial charge is 0.161 e. The Morgan fingerprint density at radius 2 is 1.67 bits per heavy atom. The van der Waals surface area contributed by atoms with Gasteiger partial charge in [-0.15, -0.1) is 0 Å². The van der Waals surface area contributed by atoms with Crippen molar-refractivity contribution in [3.05, 3.63) is 76.0 Å². The number of Topliss-reactive ketones (excluding diaryl/α,β-unsaturated/α-hetero) is 1. The average molecular weight is 418 g/mol. The highest BCUT2D eigenvalue weighted by molar-refractivity contribution is 6.30. The van der Waals surface area contributed by atoms with Crippen molar-refractivity contribution in [3.8, 4) is 6.07 Å². The molecule has 3 atom stereocenters. The minimum absolute atomic E-state index is 0.0838. The highest BCUT2D eigenvalue weighted by Gasteiger charge is 2.41. The van der Waals surface area contributed by atoms with Crippen LogP contribution < -0.4 is 4.90 Å². The number of nitrogens with zero attached hydrogens (tertiary/aromatic N) is 3. The predicted molar refractivity (Wildman–Crippen MR) is 121 cm³/mol. The average Bonchev–Trinajstić information content (AvgIpc) is 2.73. The van der Waals surface area contributed by atoms with Gasteiger partial charge in [0.15, 0.2) is 5.78 Å². The molecule has 0 aromatic heterocycles. The molecule has 152 valence electrons. The zero-order valence-electron chi connectivity index (χ0n) is 17.4. The number of ketones is 1. The first kappa shape index (κ1) is 20.4. The van der Waals surface area contributed by atoms with Crippen molar-refractivity contribution >= 4 is 28.8 Å². The molecule has 30 heavy (non-hydrogen) atoms. The monoisotopic (exact) mass is 417 g/mol. The summed E-state index contributed by atoms with van der Waals surface area (Å²) in [5, 5.41) is 10.6. The Labute approximate surface area is 182 Å². The van der Waals surface area contributed by atoms with E-state index in [1.807, 2.05) is 74.4 Å². The molecule has 2 aliphatic rings. The van der Waals surface area contributed by atoms with E-state index in [2.05, 4.69) is 6.07 Å². The van der Waals surface area contributed by atoms with Gasteiger partial charge in [0.25, 0.3) is 0 Å². The van der Waals surface area contributed by atoms with Crippen molar-refractivity contribution in [2.75, 3.05) is 19.0 Å². The maximum Gasteiger partial charge on any atom is 0.161 e. The van der Waals surface area contributed by atoms with Crippen LogP contribution >= 0.6 is 11.6 Å². The Morgan fingerprint density at radius 3 is 2.27 bits per heavy atom. The van der Waals surface area contributed by atoms with Gasteiger partial charge in [-0.05, 0) is 54.7 Å². The number of carbonyl (C=O) groups is 1.